The van der Waals surface area contributed by atoms with Crippen LogP contribution < -0.4 is 4.72 Å². The van der Waals surface area contributed by atoms with Crippen LogP contribution >= 0.6 is 0 Å². The number of rotatable bonds is 4. The first-order valence-electron chi connectivity index (χ1n) is 5.45. The van der Waals surface area contributed by atoms with Gasteiger partial charge in [0.2, 0.25) is 10.0 Å². The van der Waals surface area contributed by atoms with E-state index in [1.165, 1.54) is 6.20 Å². The molecule has 1 N–H and O–H groups in total. The number of pyridine rings is 1. The molecule has 0 fully saturated rings. The number of nitrogens with one attached hydrogen (secondary N) is 1. The summed E-state index contributed by atoms with van der Waals surface area (Å²) in [6, 6.07) is 6.06. The van der Waals surface area contributed by atoms with E-state index in [1.54, 1.807) is 18.2 Å². The average Bonchev–Trinajstić information content (AvgIpc) is 2.44. The molecule has 0 saturated carbocycles. The Labute approximate surface area is 113 Å². The SMILES string of the molecule is O=S(=O)(NCc1ccccn1)c1ccc(F)c(F)c1F. The van der Waals surface area contributed by atoms with Crippen LogP contribution in [0.1, 0.15) is 5.69 Å². The lowest BCUT2D eigenvalue weighted by Gasteiger charge is -2.08. The average molecular weight is 302 g/mol. The van der Waals surface area contributed by atoms with Gasteiger partial charge in [0.15, 0.2) is 17.5 Å². The molecule has 0 atom stereocenters. The molecule has 2 rings (SSSR count). The van der Waals surface area contributed by atoms with Crippen LogP contribution in [0.3, 0.4) is 0 Å². The normalized spacial score (nSPS) is 11.6. The van der Waals surface area contributed by atoms with E-state index in [-0.39, 0.29) is 6.54 Å². The molecule has 0 radical (unpaired) electrons. The lowest BCUT2D eigenvalue weighted by atomic mass is 10.3. The zero-order valence-corrected chi connectivity index (χ0v) is 10.8. The van der Waals surface area contributed by atoms with E-state index in [2.05, 4.69) is 9.71 Å². The molecule has 2 aromatic rings. The monoisotopic (exact) mass is 302 g/mol. The smallest absolute Gasteiger partial charge is 0.243 e. The van der Waals surface area contributed by atoms with Crippen LogP contribution in [0, 0.1) is 17.5 Å². The summed E-state index contributed by atoms with van der Waals surface area (Å²) in [5.74, 6) is -5.03. The van der Waals surface area contributed by atoms with Crippen molar-refractivity contribution in [1.29, 1.82) is 0 Å². The minimum atomic E-state index is -4.30. The number of nitrogens with zero attached hydrogens (tertiary/aromatic N) is 1. The molecule has 1 aromatic carbocycles. The summed E-state index contributed by atoms with van der Waals surface area (Å²) in [6.45, 7) is -0.193. The van der Waals surface area contributed by atoms with Crippen molar-refractivity contribution in [3.8, 4) is 0 Å². The van der Waals surface area contributed by atoms with Gasteiger partial charge in [0.1, 0.15) is 4.90 Å². The second-order valence-electron chi connectivity index (χ2n) is 3.82. The molecular weight excluding hydrogens is 293 g/mol. The zero-order chi connectivity index (χ0) is 14.8. The van der Waals surface area contributed by atoms with Gasteiger partial charge >= 0.3 is 0 Å². The second kappa shape index (κ2) is 5.59. The van der Waals surface area contributed by atoms with Gasteiger partial charge in [-0.25, -0.2) is 26.3 Å². The molecule has 1 aromatic heterocycles. The largest absolute Gasteiger partial charge is 0.260 e. The summed E-state index contributed by atoms with van der Waals surface area (Å²) >= 11 is 0. The summed E-state index contributed by atoms with van der Waals surface area (Å²) in [6.07, 6.45) is 1.46. The Morgan fingerprint density at radius 3 is 2.45 bits per heavy atom. The summed E-state index contributed by atoms with van der Waals surface area (Å²) in [5.41, 5.74) is 0.402. The molecule has 0 aliphatic rings. The quantitative estimate of drug-likeness (QED) is 0.879. The Morgan fingerprint density at radius 2 is 1.80 bits per heavy atom. The molecule has 8 heteroatoms. The molecule has 20 heavy (non-hydrogen) atoms. The van der Waals surface area contributed by atoms with Crippen molar-refractivity contribution in [3.05, 3.63) is 59.7 Å². The Balaban J connectivity index is 2.25. The summed E-state index contributed by atoms with van der Waals surface area (Å²) in [5, 5.41) is 0. The van der Waals surface area contributed by atoms with Crippen LogP contribution in [-0.4, -0.2) is 13.4 Å². The fourth-order valence-electron chi connectivity index (χ4n) is 1.47. The van der Waals surface area contributed by atoms with Gasteiger partial charge in [-0.3, -0.25) is 4.98 Å². The van der Waals surface area contributed by atoms with Crippen molar-refractivity contribution in [2.24, 2.45) is 0 Å². The molecule has 0 unspecified atom stereocenters. The van der Waals surface area contributed by atoms with Crippen LogP contribution in [0.4, 0.5) is 13.2 Å². The van der Waals surface area contributed by atoms with Crippen molar-refractivity contribution in [2.45, 2.75) is 11.4 Å². The van der Waals surface area contributed by atoms with E-state index in [0.717, 1.165) is 0 Å². The molecule has 0 amide bonds. The first-order chi connectivity index (χ1) is 9.42. The lowest BCUT2D eigenvalue weighted by molar-refractivity contribution is 0.431. The van der Waals surface area contributed by atoms with Gasteiger partial charge in [0.05, 0.1) is 12.2 Å². The van der Waals surface area contributed by atoms with E-state index < -0.39 is 32.4 Å². The maximum Gasteiger partial charge on any atom is 0.243 e. The number of hydrogen-bond donors (Lipinski definition) is 1. The first kappa shape index (κ1) is 14.5. The summed E-state index contributed by atoms with van der Waals surface area (Å²) in [4.78, 5) is 2.92. The van der Waals surface area contributed by atoms with Crippen LogP contribution in [0.5, 0.6) is 0 Å². The van der Waals surface area contributed by atoms with Gasteiger partial charge < -0.3 is 0 Å². The molecule has 106 valence electrons. The summed E-state index contributed by atoms with van der Waals surface area (Å²) in [7, 11) is -4.30. The number of benzene rings is 1. The van der Waals surface area contributed by atoms with E-state index in [4.69, 9.17) is 0 Å². The van der Waals surface area contributed by atoms with E-state index in [1.807, 2.05) is 0 Å². The highest BCUT2D eigenvalue weighted by atomic mass is 32.2. The zero-order valence-electron chi connectivity index (χ0n) is 9.98. The molecule has 1 heterocycles. The summed E-state index contributed by atoms with van der Waals surface area (Å²) < 4.78 is 64.9. The minimum absolute atomic E-state index is 0.193. The predicted molar refractivity (Wildman–Crippen MR) is 64.6 cm³/mol. The van der Waals surface area contributed by atoms with Crippen LogP contribution in [0.2, 0.25) is 0 Å². The highest BCUT2D eigenvalue weighted by Gasteiger charge is 2.23. The third-order valence-electron chi connectivity index (χ3n) is 2.46. The standard InChI is InChI=1S/C12H9F3N2O2S/c13-9-4-5-10(12(15)11(9)14)20(18,19)17-7-8-3-1-2-6-16-8/h1-6,17H,7H2. The second-order valence-corrected chi connectivity index (χ2v) is 5.55. The number of aromatic nitrogens is 1. The predicted octanol–water partition coefficient (Wildman–Crippen LogP) is 1.98. The molecule has 0 spiro atoms. The third-order valence-corrected chi connectivity index (χ3v) is 3.88. The number of halogens is 3. The third kappa shape index (κ3) is 2.97. The highest BCUT2D eigenvalue weighted by Crippen LogP contribution is 2.19. The minimum Gasteiger partial charge on any atom is -0.260 e. The Bertz CT molecular complexity index is 721. The van der Waals surface area contributed by atoms with Gasteiger partial charge in [-0.1, -0.05) is 6.07 Å². The van der Waals surface area contributed by atoms with Crippen molar-refractivity contribution in [1.82, 2.24) is 9.71 Å². The van der Waals surface area contributed by atoms with Crippen LogP contribution in [0.25, 0.3) is 0 Å². The molecular formula is C12H9F3N2O2S. The Morgan fingerprint density at radius 1 is 1.05 bits per heavy atom. The number of sulfonamides is 1. The van der Waals surface area contributed by atoms with Crippen molar-refractivity contribution >= 4 is 10.0 Å². The van der Waals surface area contributed by atoms with Crippen molar-refractivity contribution < 1.29 is 21.6 Å². The van der Waals surface area contributed by atoms with Gasteiger partial charge in [-0.05, 0) is 24.3 Å². The van der Waals surface area contributed by atoms with Gasteiger partial charge in [0.25, 0.3) is 0 Å². The van der Waals surface area contributed by atoms with Crippen LogP contribution in [-0.2, 0) is 16.6 Å². The van der Waals surface area contributed by atoms with E-state index in [0.29, 0.717) is 17.8 Å². The fraction of sp³-hybridized carbons (Fsp3) is 0.0833. The molecule has 0 aliphatic heterocycles. The topological polar surface area (TPSA) is 59.1 Å². The molecule has 4 nitrogen and oxygen atoms in total. The van der Waals surface area contributed by atoms with Gasteiger partial charge in [0, 0.05) is 6.20 Å². The Hall–Kier alpha value is -1.93. The van der Waals surface area contributed by atoms with Gasteiger partial charge in [-0.15, -0.1) is 0 Å². The molecule has 0 saturated heterocycles. The maximum absolute atomic E-state index is 13.4. The first-order valence-corrected chi connectivity index (χ1v) is 6.93. The molecule has 0 bridgehead atoms. The van der Waals surface area contributed by atoms with Crippen molar-refractivity contribution in [3.63, 3.8) is 0 Å². The fourth-order valence-corrected chi connectivity index (χ4v) is 2.53. The highest BCUT2D eigenvalue weighted by molar-refractivity contribution is 7.89. The van der Waals surface area contributed by atoms with Crippen LogP contribution in [0.15, 0.2) is 41.4 Å². The van der Waals surface area contributed by atoms with E-state index in [9.17, 15) is 21.6 Å². The number of hydrogen-bond acceptors (Lipinski definition) is 3. The van der Waals surface area contributed by atoms with Crippen molar-refractivity contribution in [2.75, 3.05) is 0 Å². The lowest BCUT2D eigenvalue weighted by Crippen LogP contribution is -2.25. The Kier molecular flexibility index (Phi) is 4.05. The maximum atomic E-state index is 13.4. The van der Waals surface area contributed by atoms with E-state index >= 15 is 0 Å². The van der Waals surface area contributed by atoms with Gasteiger partial charge in [-0.2, -0.15) is 0 Å². The molecule has 0 aliphatic carbocycles.